The Kier molecular flexibility index (Phi) is 3.84. The van der Waals surface area contributed by atoms with E-state index >= 15 is 0 Å². The molecule has 0 aliphatic heterocycles. The van der Waals surface area contributed by atoms with Gasteiger partial charge in [-0.1, -0.05) is 0 Å². The molecule has 0 spiro atoms. The second-order valence-electron chi connectivity index (χ2n) is 5.74. The number of nitrogens with two attached hydrogens (primary N) is 1. The highest BCUT2D eigenvalue weighted by Crippen LogP contribution is 2.23. The molecule has 1 aliphatic rings. The molecule has 2 aromatic rings. The predicted octanol–water partition coefficient (Wildman–Crippen LogP) is 1.97. The van der Waals surface area contributed by atoms with Crippen LogP contribution in [0.4, 0.5) is 0 Å². The van der Waals surface area contributed by atoms with Crippen LogP contribution in [0.15, 0.2) is 30.6 Å². The van der Waals surface area contributed by atoms with Crippen LogP contribution in [-0.2, 0) is 0 Å². The summed E-state index contributed by atoms with van der Waals surface area (Å²) in [5.74, 6) is 0.0445. The Morgan fingerprint density at radius 2 is 1.81 bits per heavy atom. The standard InChI is InChI=1S/C16H20N4O/c1-20(13-5-3-12(17)4-6-13)16(21)11-2-7-14-15(10-11)19-9-8-18-14/h2,7-10,12-13H,3-6,17H2,1H3. The van der Waals surface area contributed by atoms with E-state index in [2.05, 4.69) is 9.97 Å². The lowest BCUT2D eigenvalue weighted by molar-refractivity contribution is 0.0690. The first kappa shape index (κ1) is 13.9. The smallest absolute Gasteiger partial charge is 0.253 e. The van der Waals surface area contributed by atoms with Crippen LogP contribution in [-0.4, -0.2) is 39.9 Å². The van der Waals surface area contributed by atoms with Crippen molar-refractivity contribution in [3.63, 3.8) is 0 Å². The molecule has 1 aliphatic carbocycles. The summed E-state index contributed by atoms with van der Waals surface area (Å²) in [6.07, 6.45) is 7.24. The number of carbonyl (C=O) groups is 1. The minimum absolute atomic E-state index is 0.0445. The molecule has 1 saturated carbocycles. The third-order valence-electron chi connectivity index (χ3n) is 4.33. The SMILES string of the molecule is CN(C(=O)c1ccc2nccnc2c1)C1CCC(N)CC1. The van der Waals surface area contributed by atoms with Gasteiger partial charge >= 0.3 is 0 Å². The molecule has 1 fully saturated rings. The van der Waals surface area contributed by atoms with E-state index in [0.717, 1.165) is 36.7 Å². The van der Waals surface area contributed by atoms with Gasteiger partial charge in [0.15, 0.2) is 0 Å². The van der Waals surface area contributed by atoms with Crippen molar-refractivity contribution >= 4 is 16.9 Å². The zero-order valence-electron chi connectivity index (χ0n) is 12.2. The van der Waals surface area contributed by atoms with Gasteiger partial charge < -0.3 is 10.6 Å². The molecule has 1 aromatic carbocycles. The van der Waals surface area contributed by atoms with E-state index < -0.39 is 0 Å². The molecular weight excluding hydrogens is 264 g/mol. The van der Waals surface area contributed by atoms with Gasteiger partial charge in [0, 0.05) is 37.1 Å². The van der Waals surface area contributed by atoms with Gasteiger partial charge in [-0.3, -0.25) is 14.8 Å². The number of hydrogen-bond acceptors (Lipinski definition) is 4. The van der Waals surface area contributed by atoms with Crippen LogP contribution in [0.5, 0.6) is 0 Å². The summed E-state index contributed by atoms with van der Waals surface area (Å²) in [4.78, 5) is 22.9. The number of rotatable bonds is 2. The zero-order chi connectivity index (χ0) is 14.8. The lowest BCUT2D eigenvalue weighted by Crippen LogP contribution is -2.41. The van der Waals surface area contributed by atoms with E-state index in [1.54, 1.807) is 12.4 Å². The van der Waals surface area contributed by atoms with Gasteiger partial charge in [0.25, 0.3) is 5.91 Å². The maximum Gasteiger partial charge on any atom is 0.253 e. The lowest BCUT2D eigenvalue weighted by atomic mass is 9.90. The van der Waals surface area contributed by atoms with Crippen molar-refractivity contribution in [2.24, 2.45) is 5.73 Å². The van der Waals surface area contributed by atoms with Crippen LogP contribution in [0, 0.1) is 0 Å². The number of amides is 1. The fourth-order valence-electron chi connectivity index (χ4n) is 2.95. The first-order chi connectivity index (χ1) is 10.1. The Morgan fingerprint density at radius 1 is 1.14 bits per heavy atom. The summed E-state index contributed by atoms with van der Waals surface area (Å²) < 4.78 is 0. The molecule has 5 heteroatoms. The highest BCUT2D eigenvalue weighted by molar-refractivity contribution is 5.97. The van der Waals surface area contributed by atoms with Crippen molar-refractivity contribution in [2.75, 3.05) is 7.05 Å². The van der Waals surface area contributed by atoms with E-state index in [0.29, 0.717) is 11.6 Å². The third kappa shape index (κ3) is 2.88. The van der Waals surface area contributed by atoms with Crippen molar-refractivity contribution < 1.29 is 4.79 Å². The number of fused-ring (bicyclic) bond motifs is 1. The quantitative estimate of drug-likeness (QED) is 0.915. The minimum atomic E-state index is 0.0445. The van der Waals surface area contributed by atoms with Crippen LogP contribution in [0.1, 0.15) is 36.0 Å². The molecule has 2 N–H and O–H groups in total. The Labute approximate surface area is 124 Å². The molecule has 0 saturated heterocycles. The summed E-state index contributed by atoms with van der Waals surface area (Å²) in [7, 11) is 1.88. The van der Waals surface area contributed by atoms with Crippen molar-refractivity contribution in [1.82, 2.24) is 14.9 Å². The first-order valence-electron chi connectivity index (χ1n) is 7.38. The average Bonchev–Trinajstić information content (AvgIpc) is 2.54. The predicted molar refractivity (Wildman–Crippen MR) is 81.9 cm³/mol. The molecule has 0 radical (unpaired) electrons. The fraction of sp³-hybridized carbons (Fsp3) is 0.438. The van der Waals surface area contributed by atoms with Gasteiger partial charge in [-0.15, -0.1) is 0 Å². The number of carbonyl (C=O) groups excluding carboxylic acids is 1. The maximum atomic E-state index is 12.6. The molecule has 21 heavy (non-hydrogen) atoms. The van der Waals surface area contributed by atoms with Gasteiger partial charge in [0.2, 0.25) is 0 Å². The van der Waals surface area contributed by atoms with Crippen LogP contribution in [0.25, 0.3) is 11.0 Å². The Morgan fingerprint density at radius 3 is 2.52 bits per heavy atom. The van der Waals surface area contributed by atoms with Crippen molar-refractivity contribution in [2.45, 2.75) is 37.8 Å². The summed E-state index contributed by atoms with van der Waals surface area (Å²) in [5, 5.41) is 0. The van der Waals surface area contributed by atoms with E-state index in [1.807, 2.05) is 30.1 Å². The molecule has 0 atom stereocenters. The van der Waals surface area contributed by atoms with Gasteiger partial charge in [0.1, 0.15) is 0 Å². The molecule has 1 aromatic heterocycles. The lowest BCUT2D eigenvalue weighted by Gasteiger charge is -2.33. The normalized spacial score (nSPS) is 22.2. The summed E-state index contributed by atoms with van der Waals surface area (Å²) >= 11 is 0. The molecular formula is C16H20N4O. The van der Waals surface area contributed by atoms with E-state index in [4.69, 9.17) is 5.73 Å². The second-order valence-corrected chi connectivity index (χ2v) is 5.74. The Bertz CT molecular complexity index is 650. The second kappa shape index (κ2) is 5.77. The van der Waals surface area contributed by atoms with Gasteiger partial charge in [-0.25, -0.2) is 0 Å². The first-order valence-corrected chi connectivity index (χ1v) is 7.38. The molecule has 5 nitrogen and oxygen atoms in total. The average molecular weight is 284 g/mol. The van der Waals surface area contributed by atoms with E-state index in [-0.39, 0.29) is 11.9 Å². The molecule has 0 bridgehead atoms. The number of benzene rings is 1. The largest absolute Gasteiger partial charge is 0.339 e. The third-order valence-corrected chi connectivity index (χ3v) is 4.33. The van der Waals surface area contributed by atoms with E-state index in [1.165, 1.54) is 0 Å². The van der Waals surface area contributed by atoms with Crippen molar-refractivity contribution in [1.29, 1.82) is 0 Å². The fourth-order valence-corrected chi connectivity index (χ4v) is 2.95. The molecule has 1 amide bonds. The monoisotopic (exact) mass is 284 g/mol. The van der Waals surface area contributed by atoms with Gasteiger partial charge in [0.05, 0.1) is 11.0 Å². The summed E-state index contributed by atoms with van der Waals surface area (Å²) in [6, 6.07) is 6.07. The number of hydrogen-bond donors (Lipinski definition) is 1. The zero-order valence-corrected chi connectivity index (χ0v) is 12.2. The summed E-state index contributed by atoms with van der Waals surface area (Å²) in [5.41, 5.74) is 8.15. The molecule has 1 heterocycles. The van der Waals surface area contributed by atoms with Crippen LogP contribution in [0.2, 0.25) is 0 Å². The van der Waals surface area contributed by atoms with Gasteiger partial charge in [-0.2, -0.15) is 0 Å². The van der Waals surface area contributed by atoms with Crippen molar-refractivity contribution in [3.05, 3.63) is 36.2 Å². The Hall–Kier alpha value is -2.01. The van der Waals surface area contributed by atoms with Crippen LogP contribution >= 0.6 is 0 Å². The Balaban J connectivity index is 1.79. The topological polar surface area (TPSA) is 72.1 Å². The minimum Gasteiger partial charge on any atom is -0.339 e. The molecule has 110 valence electrons. The number of nitrogens with zero attached hydrogens (tertiary/aromatic N) is 3. The summed E-state index contributed by atoms with van der Waals surface area (Å²) in [6.45, 7) is 0. The van der Waals surface area contributed by atoms with Crippen LogP contribution < -0.4 is 5.73 Å². The van der Waals surface area contributed by atoms with Crippen molar-refractivity contribution in [3.8, 4) is 0 Å². The molecule has 3 rings (SSSR count). The highest BCUT2D eigenvalue weighted by Gasteiger charge is 2.25. The van der Waals surface area contributed by atoms with Crippen LogP contribution in [0.3, 0.4) is 0 Å². The number of aromatic nitrogens is 2. The molecule has 0 unspecified atom stereocenters. The highest BCUT2D eigenvalue weighted by atomic mass is 16.2. The maximum absolute atomic E-state index is 12.6. The van der Waals surface area contributed by atoms with E-state index in [9.17, 15) is 4.79 Å². The van der Waals surface area contributed by atoms with Gasteiger partial charge in [-0.05, 0) is 43.9 Å².